The topological polar surface area (TPSA) is 49.9 Å². The van der Waals surface area contributed by atoms with Crippen LogP contribution in [0.5, 0.6) is 0 Å². The molecule has 0 radical (unpaired) electrons. The van der Waals surface area contributed by atoms with Gasteiger partial charge in [-0.3, -0.25) is 5.41 Å². The molecule has 0 heterocycles. The SMILES string of the molecule is CSC(=N)N.[Cl][Ir]([Cl])([Cl])([Cl])[Cl]. The van der Waals surface area contributed by atoms with Crippen molar-refractivity contribution < 1.29 is 9.02 Å². The summed E-state index contributed by atoms with van der Waals surface area (Å²) in [6, 6.07) is 0. The summed E-state index contributed by atoms with van der Waals surface area (Å²) in [6.45, 7) is 0. The first-order valence-electron chi connectivity index (χ1n) is 1.78. The molecule has 0 fully saturated rings. The van der Waals surface area contributed by atoms with Crippen LogP contribution in [0.15, 0.2) is 0 Å². The molecule has 0 aliphatic rings. The molecule has 0 saturated heterocycles. The molecule has 9 heteroatoms. The van der Waals surface area contributed by atoms with Crippen molar-refractivity contribution in [2.45, 2.75) is 0 Å². The second kappa shape index (κ2) is 5.61. The van der Waals surface area contributed by atoms with Crippen LogP contribution in [0.3, 0.4) is 0 Å². The molecule has 0 atom stereocenters. The molecule has 0 bridgehead atoms. The number of halogens is 5. The van der Waals surface area contributed by atoms with Crippen molar-refractivity contribution in [1.82, 2.24) is 0 Å². The Hall–Kier alpha value is 1.92. The Labute approximate surface area is 90.3 Å². The van der Waals surface area contributed by atoms with Gasteiger partial charge < -0.3 is 5.73 Å². The van der Waals surface area contributed by atoms with E-state index in [9.17, 15) is 0 Å². The average Bonchev–Trinajstić information content (AvgIpc) is 1.59. The molecule has 0 saturated carbocycles. The third-order valence-electron chi connectivity index (χ3n) is 0.220. The Balaban J connectivity index is 0. The Kier molecular flexibility index (Phi) is 7.85. The van der Waals surface area contributed by atoms with Crippen LogP contribution in [-0.2, 0) is 9.02 Å². The molecule has 0 aromatic carbocycles. The fraction of sp³-hybridized carbons (Fsp3) is 0.500. The monoisotopic (exact) mass is 458 g/mol. The van der Waals surface area contributed by atoms with E-state index in [0.717, 1.165) is 0 Å². The van der Waals surface area contributed by atoms with Gasteiger partial charge in [0.05, 0.1) is 0 Å². The van der Waals surface area contributed by atoms with Gasteiger partial charge in [0.1, 0.15) is 0 Å². The van der Waals surface area contributed by atoms with Crippen LogP contribution in [-0.4, -0.2) is 11.4 Å². The van der Waals surface area contributed by atoms with Gasteiger partial charge in [-0.1, -0.05) is 11.8 Å². The second-order valence-electron chi connectivity index (χ2n) is 1.04. The van der Waals surface area contributed by atoms with E-state index in [-0.39, 0.29) is 5.17 Å². The van der Waals surface area contributed by atoms with Gasteiger partial charge in [0, 0.05) is 0 Å². The molecule has 11 heavy (non-hydrogen) atoms. The number of amidine groups is 1. The molecule has 0 aliphatic carbocycles. The zero-order valence-corrected chi connectivity index (χ0v) is 12.2. The van der Waals surface area contributed by atoms with E-state index in [2.05, 4.69) is 0 Å². The van der Waals surface area contributed by atoms with Crippen LogP contribution in [0.25, 0.3) is 0 Å². The van der Waals surface area contributed by atoms with E-state index in [1.807, 2.05) is 0 Å². The van der Waals surface area contributed by atoms with E-state index in [1.165, 1.54) is 11.8 Å². The maximum atomic E-state index is 6.48. The molecular formula is C2H6Cl5IrN2S. The van der Waals surface area contributed by atoms with Gasteiger partial charge in [-0.25, -0.2) is 0 Å². The quantitative estimate of drug-likeness (QED) is 0.429. The zero-order valence-electron chi connectivity index (χ0n) is 5.21. The van der Waals surface area contributed by atoms with E-state index in [1.54, 1.807) is 6.26 Å². The number of rotatable bonds is 0. The van der Waals surface area contributed by atoms with Crippen LogP contribution >= 0.6 is 59.7 Å². The van der Waals surface area contributed by atoms with Gasteiger partial charge in [0.2, 0.25) is 0 Å². The summed E-state index contributed by atoms with van der Waals surface area (Å²) in [5.41, 5.74) is 4.84. The molecule has 0 aliphatic heterocycles. The van der Waals surface area contributed by atoms with E-state index >= 15 is 0 Å². The molecule has 2 nitrogen and oxygen atoms in total. The average molecular weight is 460 g/mol. The third-order valence-corrected chi connectivity index (χ3v) is 0.660. The molecular weight excluding hydrogens is 454 g/mol. The van der Waals surface area contributed by atoms with Crippen LogP contribution in [0, 0.1) is 5.41 Å². The van der Waals surface area contributed by atoms with Crippen molar-refractivity contribution in [3.63, 3.8) is 0 Å². The molecule has 74 valence electrons. The first kappa shape index (κ1) is 15.4. The summed E-state index contributed by atoms with van der Waals surface area (Å²) in [5, 5.41) is 6.66. The summed E-state index contributed by atoms with van der Waals surface area (Å²) < 4.78 is 0. The molecule has 0 amide bonds. The minimum atomic E-state index is -4.24. The summed E-state index contributed by atoms with van der Waals surface area (Å²) >= 11 is 1.24. The van der Waals surface area contributed by atoms with Gasteiger partial charge in [0.25, 0.3) is 0 Å². The van der Waals surface area contributed by atoms with Gasteiger partial charge in [-0.2, -0.15) is 0 Å². The molecule has 0 spiro atoms. The summed E-state index contributed by atoms with van der Waals surface area (Å²) in [7, 11) is 21.0. The maximum absolute atomic E-state index is 6.48. The Morgan fingerprint density at radius 3 is 1.36 bits per heavy atom. The number of hydrogen-bond donors (Lipinski definition) is 2. The van der Waals surface area contributed by atoms with Crippen molar-refractivity contribution in [3.8, 4) is 0 Å². The standard InChI is InChI=1S/C2H6N2S.5ClH.Ir/c1-5-2(3)4;;;;;;/h1H3,(H3,3,4);5*1H;/q;;;;;;+5/p-5. The first-order chi connectivity index (χ1) is 4.51. The van der Waals surface area contributed by atoms with Crippen molar-refractivity contribution in [3.05, 3.63) is 0 Å². The number of nitrogens with two attached hydrogens (primary N) is 1. The van der Waals surface area contributed by atoms with E-state index in [4.69, 9.17) is 59.1 Å². The Morgan fingerprint density at radius 2 is 1.36 bits per heavy atom. The summed E-state index contributed by atoms with van der Waals surface area (Å²) in [4.78, 5) is 0. The molecule has 0 unspecified atom stereocenters. The summed E-state index contributed by atoms with van der Waals surface area (Å²) in [5.74, 6) is 0. The molecule has 0 aromatic rings. The predicted molar refractivity (Wildman–Crippen MR) is 54.7 cm³/mol. The van der Waals surface area contributed by atoms with Crippen LogP contribution < -0.4 is 5.73 Å². The van der Waals surface area contributed by atoms with Gasteiger partial charge in [-0.05, 0) is 6.26 Å². The zero-order chi connectivity index (χ0) is 9.73. The second-order valence-corrected chi connectivity index (χ2v) is 36.5. The predicted octanol–water partition coefficient (Wildman–Crippen LogP) is 3.69. The number of nitrogens with one attached hydrogen (secondary N) is 1. The normalized spacial score (nSPS) is 13.8. The van der Waals surface area contributed by atoms with Crippen LogP contribution in [0.2, 0.25) is 0 Å². The molecule has 0 aromatic heterocycles. The summed E-state index contributed by atoms with van der Waals surface area (Å²) in [6.07, 6.45) is 1.77. The number of hydrogen-bond acceptors (Lipinski definition) is 2. The fourth-order valence-electron chi connectivity index (χ4n) is 0. The first-order valence-corrected chi connectivity index (χ1v) is 17.8. The fourth-order valence-corrected chi connectivity index (χ4v) is 0. The molecule has 0 rings (SSSR count). The van der Waals surface area contributed by atoms with Crippen molar-refractivity contribution in [2.75, 3.05) is 6.26 Å². The van der Waals surface area contributed by atoms with Gasteiger partial charge in [-0.15, -0.1) is 0 Å². The van der Waals surface area contributed by atoms with Crippen LogP contribution in [0.1, 0.15) is 0 Å². The molecule has 3 N–H and O–H groups in total. The van der Waals surface area contributed by atoms with E-state index < -0.39 is 9.02 Å². The Bertz CT molecular complexity index is 124. The third kappa shape index (κ3) is 76.3. The van der Waals surface area contributed by atoms with Crippen molar-refractivity contribution >= 4 is 64.8 Å². The van der Waals surface area contributed by atoms with Gasteiger partial charge >= 0.3 is 56.9 Å². The van der Waals surface area contributed by atoms with E-state index in [0.29, 0.717) is 0 Å². The number of thioether (sulfide) groups is 1. The van der Waals surface area contributed by atoms with Gasteiger partial charge in [0.15, 0.2) is 5.17 Å². The van der Waals surface area contributed by atoms with Crippen molar-refractivity contribution in [2.24, 2.45) is 5.73 Å². The Morgan fingerprint density at radius 1 is 1.27 bits per heavy atom. The van der Waals surface area contributed by atoms with Crippen molar-refractivity contribution in [1.29, 1.82) is 5.41 Å². The van der Waals surface area contributed by atoms with Crippen LogP contribution in [0.4, 0.5) is 0 Å². The minimum absolute atomic E-state index is 0.171.